The molecule has 0 radical (unpaired) electrons. The fourth-order valence-corrected chi connectivity index (χ4v) is 3.86. The Morgan fingerprint density at radius 3 is 2.59 bits per heavy atom. The smallest absolute Gasteiger partial charge is 0.303 e. The first-order valence-electron chi connectivity index (χ1n) is 7.15. The highest BCUT2D eigenvalue weighted by molar-refractivity contribution is 7.58. The number of rotatable bonds is 7. The zero-order valence-electron chi connectivity index (χ0n) is 12.2. The maximum Gasteiger partial charge on any atom is 0.303 e. The average molecular weight is 321 g/mol. The quantitative estimate of drug-likeness (QED) is 0.681. The highest BCUT2D eigenvalue weighted by Crippen LogP contribution is 2.46. The van der Waals surface area contributed by atoms with Crippen molar-refractivity contribution in [3.8, 4) is 0 Å². The number of aryl methyl sites for hydroxylation is 1. The molecular formula is C16H20NO4P. The van der Waals surface area contributed by atoms with Crippen LogP contribution >= 0.6 is 7.37 Å². The van der Waals surface area contributed by atoms with Crippen LogP contribution in [0, 0.1) is 0 Å². The molecule has 0 fully saturated rings. The van der Waals surface area contributed by atoms with Crippen LogP contribution in [0.1, 0.15) is 18.4 Å². The van der Waals surface area contributed by atoms with Gasteiger partial charge in [-0.1, -0.05) is 42.5 Å². The standard InChI is InChI=1S/C16H20NO4P/c17-15(8-9-16(18)19)22(20,21)11-10-13-6-3-5-12-4-1-2-7-14(12)13/h1-7,15H,8-11,17H2,(H,18,19)(H,20,21). The second-order valence-corrected chi connectivity index (χ2v) is 7.99. The Kier molecular flexibility index (Phi) is 5.35. The van der Waals surface area contributed by atoms with E-state index in [1.54, 1.807) is 0 Å². The van der Waals surface area contributed by atoms with E-state index in [4.69, 9.17) is 10.8 Å². The van der Waals surface area contributed by atoms with Crippen LogP contribution in [0.2, 0.25) is 0 Å². The summed E-state index contributed by atoms with van der Waals surface area (Å²) in [6.07, 6.45) is 0.316. The molecule has 0 saturated carbocycles. The predicted octanol–water partition coefficient (Wildman–Crippen LogP) is 2.80. The van der Waals surface area contributed by atoms with E-state index >= 15 is 0 Å². The molecule has 2 unspecified atom stereocenters. The fraction of sp³-hybridized carbons (Fsp3) is 0.312. The number of nitrogens with two attached hydrogens (primary N) is 1. The van der Waals surface area contributed by atoms with Crippen LogP contribution in [0.3, 0.4) is 0 Å². The molecule has 2 atom stereocenters. The summed E-state index contributed by atoms with van der Waals surface area (Å²) in [6, 6.07) is 13.7. The van der Waals surface area contributed by atoms with E-state index in [1.165, 1.54) is 0 Å². The average Bonchev–Trinajstić information content (AvgIpc) is 2.50. The third-order valence-electron chi connectivity index (χ3n) is 3.75. The normalized spacial score (nSPS) is 15.4. The van der Waals surface area contributed by atoms with Crippen LogP contribution in [0.4, 0.5) is 0 Å². The SMILES string of the molecule is NC(CCC(=O)O)P(=O)(O)CCc1cccc2ccccc12. The van der Waals surface area contributed by atoms with Crippen LogP contribution in [-0.4, -0.2) is 27.9 Å². The van der Waals surface area contributed by atoms with E-state index in [-0.39, 0.29) is 19.0 Å². The van der Waals surface area contributed by atoms with Crippen molar-refractivity contribution >= 4 is 24.1 Å². The minimum atomic E-state index is -3.57. The number of carbonyl (C=O) groups is 1. The highest BCUT2D eigenvalue weighted by Gasteiger charge is 2.27. The van der Waals surface area contributed by atoms with Gasteiger partial charge in [0.05, 0.1) is 5.78 Å². The van der Waals surface area contributed by atoms with Crippen LogP contribution in [-0.2, 0) is 15.8 Å². The second-order valence-electron chi connectivity index (χ2n) is 5.37. The number of hydrogen-bond acceptors (Lipinski definition) is 3. The molecule has 2 aromatic rings. The second kappa shape index (κ2) is 7.05. The Hall–Kier alpha value is -1.68. The highest BCUT2D eigenvalue weighted by atomic mass is 31.2. The zero-order valence-corrected chi connectivity index (χ0v) is 13.1. The van der Waals surface area contributed by atoms with Gasteiger partial charge in [-0.3, -0.25) is 9.36 Å². The topological polar surface area (TPSA) is 101 Å². The lowest BCUT2D eigenvalue weighted by molar-refractivity contribution is -0.137. The van der Waals surface area contributed by atoms with Gasteiger partial charge in [0, 0.05) is 12.6 Å². The number of hydrogen-bond donors (Lipinski definition) is 3. The Labute approximate surface area is 129 Å². The van der Waals surface area contributed by atoms with E-state index in [0.29, 0.717) is 6.42 Å². The van der Waals surface area contributed by atoms with Crippen molar-refractivity contribution in [2.45, 2.75) is 25.0 Å². The molecule has 0 aliphatic carbocycles. The minimum Gasteiger partial charge on any atom is -0.481 e. The molecule has 0 aliphatic rings. The van der Waals surface area contributed by atoms with Crippen molar-refractivity contribution in [3.63, 3.8) is 0 Å². The van der Waals surface area contributed by atoms with Gasteiger partial charge in [0.1, 0.15) is 0 Å². The Bertz CT molecular complexity index is 711. The molecule has 22 heavy (non-hydrogen) atoms. The third kappa shape index (κ3) is 4.17. The molecule has 0 aromatic heterocycles. The first-order valence-corrected chi connectivity index (χ1v) is 9.07. The summed E-state index contributed by atoms with van der Waals surface area (Å²) in [6.45, 7) is 0. The number of aliphatic carboxylic acids is 1. The van der Waals surface area contributed by atoms with Gasteiger partial charge in [0.15, 0.2) is 0 Å². The summed E-state index contributed by atoms with van der Waals surface area (Å²) in [5.74, 6) is -2.00. The summed E-state index contributed by atoms with van der Waals surface area (Å²) in [7, 11) is -3.57. The van der Waals surface area contributed by atoms with Gasteiger partial charge in [-0.05, 0) is 29.2 Å². The first-order chi connectivity index (χ1) is 10.4. The lowest BCUT2D eigenvalue weighted by atomic mass is 10.0. The molecule has 6 heteroatoms. The molecular weight excluding hydrogens is 301 g/mol. The van der Waals surface area contributed by atoms with Crippen LogP contribution < -0.4 is 5.73 Å². The van der Waals surface area contributed by atoms with Gasteiger partial charge in [-0.15, -0.1) is 0 Å². The van der Waals surface area contributed by atoms with Crippen molar-refractivity contribution in [3.05, 3.63) is 48.0 Å². The number of benzene rings is 2. The fourth-order valence-electron chi connectivity index (χ4n) is 2.43. The van der Waals surface area contributed by atoms with E-state index in [2.05, 4.69) is 0 Å². The molecule has 118 valence electrons. The Morgan fingerprint density at radius 1 is 1.18 bits per heavy atom. The van der Waals surface area contributed by atoms with Crippen LogP contribution in [0.5, 0.6) is 0 Å². The van der Waals surface area contributed by atoms with E-state index in [1.807, 2.05) is 42.5 Å². The van der Waals surface area contributed by atoms with Crippen LogP contribution in [0.25, 0.3) is 10.8 Å². The molecule has 0 amide bonds. The summed E-state index contributed by atoms with van der Waals surface area (Å²) < 4.78 is 12.3. The molecule has 0 heterocycles. The number of fused-ring (bicyclic) bond motifs is 1. The van der Waals surface area contributed by atoms with E-state index in [9.17, 15) is 14.3 Å². The minimum absolute atomic E-state index is 0.0125. The zero-order chi connectivity index (χ0) is 16.2. The van der Waals surface area contributed by atoms with Crippen molar-refractivity contribution in [1.29, 1.82) is 0 Å². The van der Waals surface area contributed by atoms with E-state index < -0.39 is 19.1 Å². The van der Waals surface area contributed by atoms with Gasteiger partial charge in [0.25, 0.3) is 0 Å². The first kappa shape index (κ1) is 16.7. The Morgan fingerprint density at radius 2 is 1.86 bits per heavy atom. The molecule has 2 aromatic carbocycles. The van der Waals surface area contributed by atoms with Crippen LogP contribution in [0.15, 0.2) is 42.5 Å². The lowest BCUT2D eigenvalue weighted by Gasteiger charge is -2.19. The van der Waals surface area contributed by atoms with Crippen molar-refractivity contribution < 1.29 is 19.4 Å². The molecule has 0 aliphatic heterocycles. The molecule has 0 saturated heterocycles. The Balaban J connectivity index is 2.07. The van der Waals surface area contributed by atoms with E-state index in [0.717, 1.165) is 16.3 Å². The number of carboxylic acid groups (broad SMARTS) is 1. The maximum atomic E-state index is 12.3. The monoisotopic (exact) mass is 321 g/mol. The van der Waals surface area contributed by atoms with Gasteiger partial charge < -0.3 is 15.7 Å². The molecule has 4 N–H and O–H groups in total. The number of carboxylic acids is 1. The summed E-state index contributed by atoms with van der Waals surface area (Å²) in [4.78, 5) is 20.6. The molecule has 0 spiro atoms. The van der Waals surface area contributed by atoms with Gasteiger partial charge >= 0.3 is 5.97 Å². The lowest BCUT2D eigenvalue weighted by Crippen LogP contribution is -2.23. The van der Waals surface area contributed by atoms with Gasteiger partial charge in [-0.2, -0.15) is 0 Å². The predicted molar refractivity (Wildman–Crippen MR) is 87.2 cm³/mol. The van der Waals surface area contributed by atoms with Crippen molar-refractivity contribution in [2.75, 3.05) is 6.16 Å². The molecule has 2 rings (SSSR count). The molecule has 5 nitrogen and oxygen atoms in total. The maximum absolute atomic E-state index is 12.3. The molecule has 0 bridgehead atoms. The van der Waals surface area contributed by atoms with Crippen molar-refractivity contribution in [2.24, 2.45) is 5.73 Å². The van der Waals surface area contributed by atoms with Gasteiger partial charge in [-0.25, -0.2) is 0 Å². The third-order valence-corrected chi connectivity index (χ3v) is 5.91. The summed E-state index contributed by atoms with van der Waals surface area (Å²) in [5, 5.41) is 10.8. The summed E-state index contributed by atoms with van der Waals surface area (Å²) >= 11 is 0. The largest absolute Gasteiger partial charge is 0.481 e. The van der Waals surface area contributed by atoms with Crippen molar-refractivity contribution in [1.82, 2.24) is 0 Å². The summed E-state index contributed by atoms with van der Waals surface area (Å²) in [5.41, 5.74) is 6.70. The van der Waals surface area contributed by atoms with Gasteiger partial charge in [0.2, 0.25) is 7.37 Å².